The first-order valence-electron chi connectivity index (χ1n) is 12.5. The third kappa shape index (κ3) is 4.41. The SMILES string of the molecule is CCOC(=O)C1=C(C)N=c2s/c(=C/c3c(OCC)ccc4ccccc34)c(=O)n2[C@H]1c1ccccc1OC. The van der Waals surface area contributed by atoms with Gasteiger partial charge in [-0.1, -0.05) is 59.9 Å². The van der Waals surface area contributed by atoms with Crippen molar-refractivity contribution in [1.29, 1.82) is 0 Å². The van der Waals surface area contributed by atoms with Gasteiger partial charge in [-0.2, -0.15) is 0 Å². The van der Waals surface area contributed by atoms with E-state index in [1.807, 2.05) is 73.7 Å². The highest BCUT2D eigenvalue weighted by Crippen LogP contribution is 2.36. The van der Waals surface area contributed by atoms with Crippen molar-refractivity contribution in [3.8, 4) is 11.5 Å². The molecule has 0 radical (unpaired) electrons. The molecule has 1 aliphatic heterocycles. The van der Waals surface area contributed by atoms with Crippen LogP contribution in [0.2, 0.25) is 0 Å². The molecule has 7 nitrogen and oxygen atoms in total. The minimum Gasteiger partial charge on any atom is -0.496 e. The Bertz CT molecular complexity index is 1750. The van der Waals surface area contributed by atoms with E-state index in [0.717, 1.165) is 16.3 Å². The van der Waals surface area contributed by atoms with Gasteiger partial charge in [-0.15, -0.1) is 0 Å². The molecule has 1 aromatic heterocycles. The predicted octanol–water partition coefficient (Wildman–Crippen LogP) is 4.36. The summed E-state index contributed by atoms with van der Waals surface area (Å²) in [5, 5.41) is 2.02. The zero-order valence-electron chi connectivity index (χ0n) is 21.7. The number of methoxy groups -OCH3 is 1. The number of carbonyl (C=O) groups is 1. The molecule has 4 aromatic rings. The number of aromatic nitrogens is 1. The quantitative estimate of drug-likeness (QED) is 0.333. The van der Waals surface area contributed by atoms with Gasteiger partial charge >= 0.3 is 5.97 Å². The first kappa shape index (κ1) is 25.5. The zero-order chi connectivity index (χ0) is 26.8. The Labute approximate surface area is 223 Å². The second-order valence-electron chi connectivity index (χ2n) is 8.68. The van der Waals surface area contributed by atoms with Gasteiger partial charge in [0.15, 0.2) is 4.80 Å². The second-order valence-corrected chi connectivity index (χ2v) is 9.68. The van der Waals surface area contributed by atoms with Crippen molar-refractivity contribution in [3.05, 3.63) is 103 Å². The number of para-hydroxylation sites is 1. The summed E-state index contributed by atoms with van der Waals surface area (Å²) < 4.78 is 19.0. The molecule has 2 heterocycles. The van der Waals surface area contributed by atoms with Crippen LogP contribution in [0.1, 0.15) is 37.9 Å². The summed E-state index contributed by atoms with van der Waals surface area (Å²) in [5.74, 6) is 0.754. The van der Waals surface area contributed by atoms with Crippen LogP contribution in [0.5, 0.6) is 11.5 Å². The maximum Gasteiger partial charge on any atom is 0.338 e. The van der Waals surface area contributed by atoms with Crippen molar-refractivity contribution in [3.63, 3.8) is 0 Å². The summed E-state index contributed by atoms with van der Waals surface area (Å²) in [7, 11) is 1.57. The lowest BCUT2D eigenvalue weighted by Crippen LogP contribution is -2.40. The summed E-state index contributed by atoms with van der Waals surface area (Å²) in [5.41, 5.74) is 2.07. The zero-order valence-corrected chi connectivity index (χ0v) is 22.5. The molecular weight excluding hydrogens is 500 g/mol. The molecule has 0 amide bonds. The number of hydrogen-bond acceptors (Lipinski definition) is 7. The van der Waals surface area contributed by atoms with Crippen molar-refractivity contribution in [2.45, 2.75) is 26.8 Å². The van der Waals surface area contributed by atoms with Gasteiger partial charge in [-0.25, -0.2) is 9.79 Å². The lowest BCUT2D eigenvalue weighted by atomic mass is 9.95. The molecule has 0 fully saturated rings. The molecule has 194 valence electrons. The molecule has 0 saturated heterocycles. The Balaban J connectivity index is 1.80. The standard InChI is InChI=1S/C30H28N2O5S/c1-5-36-24-16-15-19-11-7-8-12-20(19)22(24)17-25-28(33)32-27(21-13-9-10-14-23(21)35-4)26(29(34)37-6-2)18(3)31-30(32)38-25/h7-17,27H,5-6H2,1-4H3/b25-17+/t27-/m0/s1. The molecule has 8 heteroatoms. The molecular formula is C30H28N2O5S. The highest BCUT2D eigenvalue weighted by Gasteiger charge is 2.35. The van der Waals surface area contributed by atoms with Gasteiger partial charge in [0.25, 0.3) is 5.56 Å². The topological polar surface area (TPSA) is 79.1 Å². The van der Waals surface area contributed by atoms with E-state index in [9.17, 15) is 9.59 Å². The summed E-state index contributed by atoms with van der Waals surface area (Å²) in [6, 6.07) is 18.6. The van der Waals surface area contributed by atoms with Crippen LogP contribution in [0.4, 0.5) is 0 Å². The van der Waals surface area contributed by atoms with Crippen molar-refractivity contribution in [1.82, 2.24) is 4.57 Å². The van der Waals surface area contributed by atoms with E-state index in [1.54, 1.807) is 25.5 Å². The van der Waals surface area contributed by atoms with Gasteiger partial charge in [0, 0.05) is 11.1 Å². The van der Waals surface area contributed by atoms with Crippen LogP contribution in [0.3, 0.4) is 0 Å². The number of ether oxygens (including phenoxy) is 3. The molecule has 0 saturated carbocycles. The van der Waals surface area contributed by atoms with Crippen molar-refractivity contribution < 1.29 is 19.0 Å². The van der Waals surface area contributed by atoms with Gasteiger partial charge in [0.1, 0.15) is 17.5 Å². The lowest BCUT2D eigenvalue weighted by molar-refractivity contribution is -0.139. The highest BCUT2D eigenvalue weighted by molar-refractivity contribution is 7.07. The number of nitrogens with zero attached hydrogens (tertiary/aromatic N) is 2. The van der Waals surface area contributed by atoms with Gasteiger partial charge < -0.3 is 14.2 Å². The Morgan fingerprint density at radius 1 is 1.03 bits per heavy atom. The molecule has 5 rings (SSSR count). The summed E-state index contributed by atoms with van der Waals surface area (Å²) in [6.45, 7) is 6.15. The van der Waals surface area contributed by atoms with Gasteiger partial charge in [0.2, 0.25) is 0 Å². The number of rotatable bonds is 7. The van der Waals surface area contributed by atoms with Crippen LogP contribution in [-0.4, -0.2) is 30.9 Å². The minimum absolute atomic E-state index is 0.208. The number of carbonyl (C=O) groups excluding carboxylic acids is 1. The monoisotopic (exact) mass is 528 g/mol. The first-order valence-corrected chi connectivity index (χ1v) is 13.3. The van der Waals surface area contributed by atoms with Gasteiger partial charge in [-0.3, -0.25) is 9.36 Å². The molecule has 0 aliphatic carbocycles. The molecule has 0 N–H and O–H groups in total. The highest BCUT2D eigenvalue weighted by atomic mass is 32.1. The Morgan fingerprint density at radius 2 is 1.79 bits per heavy atom. The minimum atomic E-state index is -0.748. The Morgan fingerprint density at radius 3 is 2.55 bits per heavy atom. The van der Waals surface area contributed by atoms with E-state index in [-0.39, 0.29) is 12.2 Å². The molecule has 38 heavy (non-hydrogen) atoms. The van der Waals surface area contributed by atoms with Crippen molar-refractivity contribution >= 4 is 34.2 Å². The Hall–Kier alpha value is -4.17. The average Bonchev–Trinajstić information content (AvgIpc) is 3.23. The molecule has 0 bridgehead atoms. The number of hydrogen-bond donors (Lipinski definition) is 0. The lowest BCUT2D eigenvalue weighted by Gasteiger charge is -2.25. The van der Waals surface area contributed by atoms with Crippen LogP contribution in [-0.2, 0) is 9.53 Å². The molecule has 1 aliphatic rings. The second kappa shape index (κ2) is 10.7. The fraction of sp³-hybridized carbons (Fsp3) is 0.233. The fourth-order valence-corrected chi connectivity index (χ4v) is 5.84. The van der Waals surface area contributed by atoms with Crippen LogP contribution in [0.15, 0.2) is 81.7 Å². The number of benzene rings is 3. The third-order valence-corrected chi connectivity index (χ3v) is 7.44. The van der Waals surface area contributed by atoms with E-state index in [0.29, 0.717) is 44.3 Å². The largest absolute Gasteiger partial charge is 0.496 e. The maximum atomic E-state index is 14.1. The van der Waals surface area contributed by atoms with Crippen molar-refractivity contribution in [2.75, 3.05) is 20.3 Å². The molecule has 1 atom stereocenters. The van der Waals surface area contributed by atoms with Crippen LogP contribution in [0.25, 0.3) is 16.8 Å². The smallest absolute Gasteiger partial charge is 0.338 e. The molecule has 0 spiro atoms. The fourth-order valence-electron chi connectivity index (χ4n) is 4.82. The molecule has 3 aromatic carbocycles. The summed E-state index contributed by atoms with van der Waals surface area (Å²) in [4.78, 5) is 32.4. The number of thiazole rings is 1. The van der Waals surface area contributed by atoms with Crippen LogP contribution >= 0.6 is 11.3 Å². The average molecular weight is 529 g/mol. The predicted molar refractivity (Wildman–Crippen MR) is 149 cm³/mol. The number of fused-ring (bicyclic) bond motifs is 2. The van der Waals surface area contributed by atoms with E-state index in [2.05, 4.69) is 4.99 Å². The normalized spacial score (nSPS) is 15.3. The van der Waals surface area contributed by atoms with E-state index < -0.39 is 12.0 Å². The van der Waals surface area contributed by atoms with Crippen LogP contribution in [0, 0.1) is 0 Å². The van der Waals surface area contributed by atoms with Gasteiger partial charge in [0.05, 0.1) is 36.1 Å². The van der Waals surface area contributed by atoms with Crippen molar-refractivity contribution in [2.24, 2.45) is 4.99 Å². The number of esters is 1. The molecule has 0 unspecified atom stereocenters. The van der Waals surface area contributed by atoms with E-state index >= 15 is 0 Å². The third-order valence-electron chi connectivity index (χ3n) is 6.46. The summed E-state index contributed by atoms with van der Waals surface area (Å²) >= 11 is 1.28. The Kier molecular flexibility index (Phi) is 7.15. The summed E-state index contributed by atoms with van der Waals surface area (Å²) in [6.07, 6.45) is 1.86. The van der Waals surface area contributed by atoms with E-state index in [1.165, 1.54) is 11.3 Å². The van der Waals surface area contributed by atoms with Crippen LogP contribution < -0.4 is 24.4 Å². The maximum absolute atomic E-state index is 14.1. The number of allylic oxidation sites excluding steroid dienone is 1. The first-order chi connectivity index (χ1) is 18.5. The van der Waals surface area contributed by atoms with Gasteiger partial charge in [-0.05, 0) is 49.8 Å². The van der Waals surface area contributed by atoms with E-state index in [4.69, 9.17) is 14.2 Å².